The largest absolute Gasteiger partial charge is 0.390 e. The fourth-order valence-corrected chi connectivity index (χ4v) is 11.3. The van der Waals surface area contributed by atoms with Gasteiger partial charge in [-0.05, 0) is 74.8 Å². The number of imidazole rings is 1. The lowest BCUT2D eigenvalue weighted by Crippen LogP contribution is -2.70. The second kappa shape index (κ2) is 16.1. The molecule has 4 aliphatic rings. The first-order valence-electron chi connectivity index (χ1n) is 21.6. The normalized spacial score (nSPS) is 29.0. The molecule has 4 heterocycles. The first kappa shape index (κ1) is 45.0. The summed E-state index contributed by atoms with van der Waals surface area (Å²) < 4.78 is 23.7. The number of allylic oxidation sites excluding steroid dienone is 4. The number of hydrogen-bond acceptors (Lipinski definition) is 9. The molecule has 8 atom stereocenters. The molecule has 4 aromatic heterocycles. The molecular weight excluding hydrogens is 840 g/mol. The maximum Gasteiger partial charge on any atom is 0.291 e. The standard InChI is InChI=1S/C46H55FN10O8/c1-25-16-32-31-9-8-26-17-30(58)10-11-43(26,2)45(31,47)36(59)21-44(32,3)46(25,65)42(64)50-13-12-49-38(60)33-18-27(22-55(33)5)51-39(61)34-19-28(23-56(34)6)52-40(62)35-20-29(24-57(35)7)53-41(63)37-48-14-15-54(37)4/h10-11,14-15,17-20,22-25,31-32,36,59,65H,8-9,12-13,16,21H2,1-7H3,(H,49,60)(H,50,64)(H,51,61)(H,52,62)(H,53,63)/t25-,31+,32+,36+,43+,44+,45+,46+/m1/s1. The Morgan fingerprint density at radius 3 is 1.89 bits per heavy atom. The summed E-state index contributed by atoms with van der Waals surface area (Å²) >= 11 is 0. The molecule has 0 unspecified atom stereocenters. The first-order chi connectivity index (χ1) is 30.6. The molecule has 19 heteroatoms. The number of aryl methyl sites for hydroxylation is 4. The molecule has 65 heavy (non-hydrogen) atoms. The molecule has 5 amide bonds. The van der Waals surface area contributed by atoms with Crippen molar-refractivity contribution in [3.63, 3.8) is 0 Å². The molecule has 8 rings (SSSR count). The third kappa shape index (κ3) is 7.20. The van der Waals surface area contributed by atoms with Crippen LogP contribution in [0.5, 0.6) is 0 Å². The van der Waals surface area contributed by atoms with E-state index in [2.05, 4.69) is 31.6 Å². The highest BCUT2D eigenvalue weighted by molar-refractivity contribution is 6.08. The Morgan fingerprint density at radius 2 is 1.34 bits per heavy atom. The van der Waals surface area contributed by atoms with Gasteiger partial charge in [-0.2, -0.15) is 0 Å². The third-order valence-corrected chi connectivity index (χ3v) is 14.8. The smallest absolute Gasteiger partial charge is 0.291 e. The molecule has 7 N–H and O–H groups in total. The van der Waals surface area contributed by atoms with Gasteiger partial charge in [0.15, 0.2) is 22.9 Å². The summed E-state index contributed by atoms with van der Waals surface area (Å²) in [5.74, 6) is -4.20. The van der Waals surface area contributed by atoms with Crippen molar-refractivity contribution in [3.05, 3.63) is 95.9 Å². The van der Waals surface area contributed by atoms with Gasteiger partial charge in [-0.25, -0.2) is 9.37 Å². The van der Waals surface area contributed by atoms with Gasteiger partial charge in [0.05, 0.1) is 23.2 Å². The van der Waals surface area contributed by atoms with Crippen LogP contribution in [0.25, 0.3) is 0 Å². The molecule has 4 aromatic rings. The van der Waals surface area contributed by atoms with E-state index in [-0.39, 0.29) is 48.2 Å². The number of aliphatic hydroxyl groups excluding tert-OH is 1. The highest BCUT2D eigenvalue weighted by atomic mass is 19.1. The average molecular weight is 895 g/mol. The van der Waals surface area contributed by atoms with Crippen molar-refractivity contribution in [2.75, 3.05) is 29.0 Å². The fraction of sp³-hybridized carbons (Fsp3) is 0.457. The number of fused-ring (bicyclic) bond motifs is 5. The quantitative estimate of drug-likeness (QED) is 0.109. The van der Waals surface area contributed by atoms with E-state index >= 15 is 4.39 Å². The summed E-state index contributed by atoms with van der Waals surface area (Å²) in [4.78, 5) is 82.7. The van der Waals surface area contributed by atoms with E-state index in [1.165, 1.54) is 45.7 Å². The van der Waals surface area contributed by atoms with Gasteiger partial charge < -0.3 is 55.1 Å². The number of aliphatic hydroxyl groups is 2. The Balaban J connectivity index is 0.846. The number of amides is 5. The van der Waals surface area contributed by atoms with Crippen LogP contribution >= 0.6 is 0 Å². The van der Waals surface area contributed by atoms with Crippen molar-refractivity contribution in [2.45, 2.75) is 63.8 Å². The number of halogens is 1. The molecule has 0 radical (unpaired) electrons. The van der Waals surface area contributed by atoms with Gasteiger partial charge in [-0.1, -0.05) is 25.5 Å². The lowest BCUT2D eigenvalue weighted by Gasteiger charge is -2.62. The van der Waals surface area contributed by atoms with Crippen LogP contribution in [0.4, 0.5) is 21.5 Å². The van der Waals surface area contributed by atoms with Crippen molar-refractivity contribution < 1.29 is 43.4 Å². The van der Waals surface area contributed by atoms with Gasteiger partial charge in [0.1, 0.15) is 17.1 Å². The number of aromatic nitrogens is 5. The molecule has 0 saturated heterocycles. The lowest BCUT2D eigenvalue weighted by atomic mass is 9.44. The van der Waals surface area contributed by atoms with Crippen molar-refractivity contribution >= 4 is 52.4 Å². The Hall–Kier alpha value is -6.60. The van der Waals surface area contributed by atoms with Crippen LogP contribution in [-0.4, -0.2) is 99.2 Å². The van der Waals surface area contributed by atoms with Gasteiger partial charge in [0.2, 0.25) is 0 Å². The molecule has 0 aromatic carbocycles. The Kier molecular flexibility index (Phi) is 11.2. The number of carbonyl (C=O) groups is 6. The summed E-state index contributed by atoms with van der Waals surface area (Å²) in [6.07, 6.45) is 11.8. The van der Waals surface area contributed by atoms with E-state index in [9.17, 15) is 39.0 Å². The SMILES string of the molecule is C[C@@H]1C[C@H]2[C@@H]3CCC4=CC(=O)C=C[C@]4(C)[C@@]3(F)[C@@H](O)C[C@]2(C)[C@@]1(O)C(=O)NCCNC(=O)c1cc(NC(=O)c2cc(NC(=O)c3cc(NC(=O)c4nccn4C)cn3C)cn2C)cn1C. The Labute approximate surface area is 374 Å². The number of alkyl halides is 1. The first-order valence-corrected chi connectivity index (χ1v) is 21.6. The summed E-state index contributed by atoms with van der Waals surface area (Å²) in [5, 5.41) is 37.7. The molecular formula is C46H55FN10O8. The maximum atomic E-state index is 17.5. The van der Waals surface area contributed by atoms with Crippen LogP contribution in [0, 0.1) is 28.6 Å². The van der Waals surface area contributed by atoms with Crippen LogP contribution in [0.2, 0.25) is 0 Å². The van der Waals surface area contributed by atoms with Crippen molar-refractivity contribution in [1.29, 1.82) is 0 Å². The van der Waals surface area contributed by atoms with E-state index in [4.69, 9.17) is 0 Å². The molecule has 3 fully saturated rings. The second-order valence-corrected chi connectivity index (χ2v) is 18.6. The van der Waals surface area contributed by atoms with Crippen molar-refractivity contribution in [2.24, 2.45) is 56.8 Å². The molecule has 4 aliphatic carbocycles. The zero-order valence-electron chi connectivity index (χ0n) is 37.4. The predicted octanol–water partition coefficient (Wildman–Crippen LogP) is 3.39. The van der Waals surface area contributed by atoms with Gasteiger partial charge in [0, 0.05) is 89.0 Å². The van der Waals surface area contributed by atoms with Gasteiger partial charge in [-0.3, -0.25) is 28.8 Å². The maximum absolute atomic E-state index is 17.5. The summed E-state index contributed by atoms with van der Waals surface area (Å²) in [7, 11) is 6.62. The van der Waals surface area contributed by atoms with Gasteiger partial charge >= 0.3 is 0 Å². The minimum absolute atomic E-state index is 0.00102. The van der Waals surface area contributed by atoms with Crippen LogP contribution in [0.3, 0.4) is 0 Å². The highest BCUT2D eigenvalue weighted by Crippen LogP contribution is 2.70. The van der Waals surface area contributed by atoms with Gasteiger partial charge in [0.25, 0.3) is 29.5 Å². The van der Waals surface area contributed by atoms with E-state index in [0.717, 1.165) is 0 Å². The molecule has 3 saturated carbocycles. The van der Waals surface area contributed by atoms with Gasteiger partial charge in [-0.15, -0.1) is 0 Å². The number of nitrogens with one attached hydrogen (secondary N) is 5. The third-order valence-electron chi connectivity index (χ3n) is 14.8. The minimum atomic E-state index is -2.09. The number of hydrogen-bond donors (Lipinski definition) is 7. The minimum Gasteiger partial charge on any atom is -0.390 e. The Bertz CT molecular complexity index is 2710. The number of carbonyl (C=O) groups excluding carboxylic acids is 6. The Morgan fingerprint density at radius 1 is 0.800 bits per heavy atom. The zero-order valence-corrected chi connectivity index (χ0v) is 37.4. The van der Waals surface area contributed by atoms with Crippen LogP contribution < -0.4 is 26.6 Å². The van der Waals surface area contributed by atoms with Crippen LogP contribution in [0.15, 0.2) is 73.0 Å². The van der Waals surface area contributed by atoms with Crippen LogP contribution in [0.1, 0.15) is 88.5 Å². The number of ketones is 1. The topological polar surface area (TPSA) is 236 Å². The van der Waals surface area contributed by atoms with Crippen molar-refractivity contribution in [1.82, 2.24) is 33.9 Å². The monoisotopic (exact) mass is 894 g/mol. The molecule has 0 bridgehead atoms. The molecule has 0 aliphatic heterocycles. The van der Waals surface area contributed by atoms with E-state index < -0.39 is 75.5 Å². The number of anilines is 3. The fourth-order valence-electron chi connectivity index (χ4n) is 11.3. The summed E-state index contributed by atoms with van der Waals surface area (Å²) in [5.41, 5.74) is -3.97. The number of rotatable bonds is 11. The lowest BCUT2D eigenvalue weighted by molar-refractivity contribution is -0.219. The van der Waals surface area contributed by atoms with Crippen molar-refractivity contribution in [3.8, 4) is 0 Å². The summed E-state index contributed by atoms with van der Waals surface area (Å²) in [6, 6.07) is 4.51. The zero-order chi connectivity index (χ0) is 47.0. The van der Waals surface area contributed by atoms with E-state index in [0.29, 0.717) is 41.9 Å². The highest BCUT2D eigenvalue weighted by Gasteiger charge is 2.75. The molecule has 0 spiro atoms. The average Bonchev–Trinajstić information content (AvgIpc) is 4.06. The second-order valence-electron chi connectivity index (χ2n) is 18.6. The molecule has 344 valence electrons. The summed E-state index contributed by atoms with van der Waals surface area (Å²) in [6.45, 7) is 5.22. The van der Waals surface area contributed by atoms with E-state index in [1.54, 1.807) is 89.0 Å². The van der Waals surface area contributed by atoms with E-state index in [1.807, 2.05) is 0 Å². The predicted molar refractivity (Wildman–Crippen MR) is 237 cm³/mol. The van der Waals surface area contributed by atoms with Crippen LogP contribution in [-0.2, 0) is 37.8 Å². The number of nitrogens with zero attached hydrogens (tertiary/aromatic N) is 5. The molecule has 18 nitrogen and oxygen atoms in total.